The molecule has 8 heteroatoms. The Labute approximate surface area is 154 Å². The number of carbonyl (C=O) groups excluding carboxylic acids is 2. The smallest absolute Gasteiger partial charge is 0.419 e. The van der Waals surface area contributed by atoms with Crippen LogP contribution < -0.4 is 21.3 Å². The molecule has 0 aliphatic rings. The fourth-order valence-electron chi connectivity index (χ4n) is 2.54. The SMILES string of the molecule is Cc1ccccc1OCC(=O)NNC(=O)CCn1c(=O)oc2ccccc21. The molecule has 0 saturated carbocycles. The maximum atomic E-state index is 11.9. The van der Waals surface area contributed by atoms with E-state index in [2.05, 4.69) is 10.9 Å². The highest BCUT2D eigenvalue weighted by molar-refractivity contribution is 5.82. The lowest BCUT2D eigenvalue weighted by Crippen LogP contribution is -2.44. The van der Waals surface area contributed by atoms with E-state index < -0.39 is 17.6 Å². The lowest BCUT2D eigenvalue weighted by atomic mass is 10.2. The monoisotopic (exact) mass is 369 g/mol. The number of hydrogen-bond acceptors (Lipinski definition) is 5. The van der Waals surface area contributed by atoms with Gasteiger partial charge in [-0.1, -0.05) is 30.3 Å². The molecule has 3 rings (SSSR count). The van der Waals surface area contributed by atoms with Gasteiger partial charge in [0.15, 0.2) is 12.2 Å². The number of amides is 2. The zero-order chi connectivity index (χ0) is 19.2. The number of aromatic nitrogens is 1. The van der Waals surface area contributed by atoms with Crippen molar-refractivity contribution in [1.29, 1.82) is 0 Å². The fourth-order valence-corrected chi connectivity index (χ4v) is 2.54. The Bertz CT molecular complexity index is 1020. The molecule has 8 nitrogen and oxygen atoms in total. The number of oxazole rings is 1. The Balaban J connectivity index is 1.45. The average molecular weight is 369 g/mol. The summed E-state index contributed by atoms with van der Waals surface area (Å²) in [5.74, 6) is -0.848. The van der Waals surface area contributed by atoms with Crippen molar-refractivity contribution in [2.75, 3.05) is 6.61 Å². The van der Waals surface area contributed by atoms with Crippen LogP contribution in [0.5, 0.6) is 5.75 Å². The van der Waals surface area contributed by atoms with Gasteiger partial charge in [0.2, 0.25) is 5.91 Å². The summed E-state index contributed by atoms with van der Waals surface area (Å²) in [5, 5.41) is 0. The van der Waals surface area contributed by atoms with Crippen molar-refractivity contribution in [1.82, 2.24) is 15.4 Å². The summed E-state index contributed by atoms with van der Waals surface area (Å²) in [6, 6.07) is 14.3. The molecule has 0 spiro atoms. The highest BCUT2D eigenvalue weighted by Crippen LogP contribution is 2.15. The number of benzene rings is 2. The first kappa shape index (κ1) is 18.2. The fraction of sp³-hybridized carbons (Fsp3) is 0.211. The van der Waals surface area contributed by atoms with Gasteiger partial charge in [-0.25, -0.2) is 4.79 Å². The van der Waals surface area contributed by atoms with Crippen LogP contribution >= 0.6 is 0 Å². The van der Waals surface area contributed by atoms with Crippen molar-refractivity contribution < 1.29 is 18.7 Å². The van der Waals surface area contributed by atoms with E-state index in [0.29, 0.717) is 16.8 Å². The maximum Gasteiger partial charge on any atom is 0.419 e. The summed E-state index contributed by atoms with van der Waals surface area (Å²) in [6.07, 6.45) is 0.00235. The molecule has 0 fully saturated rings. The number of nitrogens with zero attached hydrogens (tertiary/aromatic N) is 1. The van der Waals surface area contributed by atoms with E-state index in [1.807, 2.05) is 25.1 Å². The van der Waals surface area contributed by atoms with Gasteiger partial charge in [-0.05, 0) is 30.7 Å². The Morgan fingerprint density at radius 2 is 1.74 bits per heavy atom. The van der Waals surface area contributed by atoms with Gasteiger partial charge < -0.3 is 9.15 Å². The van der Waals surface area contributed by atoms with Crippen molar-refractivity contribution in [2.45, 2.75) is 19.9 Å². The lowest BCUT2D eigenvalue weighted by molar-refractivity contribution is -0.130. The first-order chi connectivity index (χ1) is 13.0. The number of hydrazine groups is 1. The molecule has 0 atom stereocenters. The van der Waals surface area contributed by atoms with Crippen LogP contribution in [0.4, 0.5) is 0 Å². The number of fused-ring (bicyclic) bond motifs is 1. The Morgan fingerprint density at radius 3 is 2.56 bits per heavy atom. The van der Waals surface area contributed by atoms with Crippen molar-refractivity contribution in [3.63, 3.8) is 0 Å². The van der Waals surface area contributed by atoms with Gasteiger partial charge in [-0.2, -0.15) is 0 Å². The molecule has 0 aliphatic carbocycles. The Morgan fingerprint density at radius 1 is 1.04 bits per heavy atom. The van der Waals surface area contributed by atoms with E-state index in [-0.39, 0.29) is 19.6 Å². The molecular formula is C19H19N3O5. The number of para-hydroxylation sites is 3. The van der Waals surface area contributed by atoms with Gasteiger partial charge in [0.1, 0.15) is 5.75 Å². The van der Waals surface area contributed by atoms with Gasteiger partial charge in [0.25, 0.3) is 5.91 Å². The van der Waals surface area contributed by atoms with Crippen LogP contribution in [0.1, 0.15) is 12.0 Å². The van der Waals surface area contributed by atoms with E-state index >= 15 is 0 Å². The van der Waals surface area contributed by atoms with Crippen molar-refractivity contribution in [2.24, 2.45) is 0 Å². The van der Waals surface area contributed by atoms with Gasteiger partial charge in [-0.3, -0.25) is 25.0 Å². The second kappa shape index (κ2) is 8.22. The third kappa shape index (κ3) is 4.55. The summed E-state index contributed by atoms with van der Waals surface area (Å²) in [5.41, 5.74) is 6.57. The number of rotatable bonds is 6. The number of aryl methyl sites for hydroxylation is 2. The van der Waals surface area contributed by atoms with E-state index in [0.717, 1.165) is 5.56 Å². The zero-order valence-electron chi connectivity index (χ0n) is 14.7. The number of carbonyl (C=O) groups is 2. The van der Waals surface area contributed by atoms with Crippen LogP contribution in [-0.4, -0.2) is 23.0 Å². The molecule has 27 heavy (non-hydrogen) atoms. The second-order valence-electron chi connectivity index (χ2n) is 5.89. The molecular weight excluding hydrogens is 350 g/mol. The molecule has 2 aromatic carbocycles. The van der Waals surface area contributed by atoms with Crippen LogP contribution in [0.15, 0.2) is 57.7 Å². The number of nitrogens with one attached hydrogen (secondary N) is 2. The molecule has 3 aromatic rings. The molecule has 140 valence electrons. The van der Waals surface area contributed by atoms with E-state index in [4.69, 9.17) is 9.15 Å². The van der Waals surface area contributed by atoms with E-state index in [9.17, 15) is 14.4 Å². The van der Waals surface area contributed by atoms with Crippen LogP contribution in [-0.2, 0) is 16.1 Å². The van der Waals surface area contributed by atoms with Crippen LogP contribution in [0.25, 0.3) is 11.1 Å². The first-order valence-corrected chi connectivity index (χ1v) is 8.39. The largest absolute Gasteiger partial charge is 0.483 e. The molecule has 2 N–H and O–H groups in total. The standard InChI is InChI=1S/C19H19N3O5/c1-13-6-2-4-8-15(13)26-12-18(24)21-20-17(23)10-11-22-14-7-3-5-9-16(14)27-19(22)25/h2-9H,10-12H2,1H3,(H,20,23)(H,21,24). The summed E-state index contributed by atoms with van der Waals surface area (Å²) in [7, 11) is 0. The van der Waals surface area contributed by atoms with Crippen LogP contribution in [0.2, 0.25) is 0 Å². The summed E-state index contributed by atoms with van der Waals surface area (Å²) in [4.78, 5) is 35.5. The lowest BCUT2D eigenvalue weighted by Gasteiger charge is -2.10. The minimum absolute atomic E-state index is 0.00235. The molecule has 0 saturated heterocycles. The molecule has 1 aromatic heterocycles. The highest BCUT2D eigenvalue weighted by atomic mass is 16.5. The Kier molecular flexibility index (Phi) is 5.55. The molecule has 2 amide bonds. The van der Waals surface area contributed by atoms with Crippen molar-refractivity contribution in [3.8, 4) is 5.75 Å². The molecule has 0 radical (unpaired) electrons. The van der Waals surface area contributed by atoms with E-state index in [1.54, 1.807) is 30.3 Å². The number of hydrogen-bond donors (Lipinski definition) is 2. The summed E-state index contributed by atoms with van der Waals surface area (Å²) >= 11 is 0. The zero-order valence-corrected chi connectivity index (χ0v) is 14.7. The first-order valence-electron chi connectivity index (χ1n) is 8.39. The predicted molar refractivity (Wildman–Crippen MR) is 98.1 cm³/mol. The quantitative estimate of drug-likeness (QED) is 0.642. The number of ether oxygens (including phenoxy) is 1. The van der Waals surface area contributed by atoms with Crippen LogP contribution in [0.3, 0.4) is 0 Å². The third-order valence-electron chi connectivity index (χ3n) is 3.93. The van der Waals surface area contributed by atoms with Gasteiger partial charge >= 0.3 is 5.76 Å². The minimum Gasteiger partial charge on any atom is -0.483 e. The summed E-state index contributed by atoms with van der Waals surface area (Å²) < 4.78 is 11.9. The van der Waals surface area contributed by atoms with Gasteiger partial charge in [0, 0.05) is 13.0 Å². The molecule has 0 unspecified atom stereocenters. The normalized spacial score (nSPS) is 10.6. The van der Waals surface area contributed by atoms with Crippen molar-refractivity contribution in [3.05, 3.63) is 64.6 Å². The van der Waals surface area contributed by atoms with E-state index in [1.165, 1.54) is 4.57 Å². The second-order valence-corrected chi connectivity index (χ2v) is 5.89. The summed E-state index contributed by atoms with van der Waals surface area (Å²) in [6.45, 7) is 1.78. The topological polar surface area (TPSA) is 103 Å². The highest BCUT2D eigenvalue weighted by Gasteiger charge is 2.11. The maximum absolute atomic E-state index is 11.9. The van der Waals surface area contributed by atoms with Crippen molar-refractivity contribution >= 4 is 22.9 Å². The minimum atomic E-state index is -0.528. The Hall–Kier alpha value is -3.55. The molecule has 1 heterocycles. The molecule has 0 bridgehead atoms. The third-order valence-corrected chi connectivity index (χ3v) is 3.93. The molecule has 0 aliphatic heterocycles. The van der Waals surface area contributed by atoms with Gasteiger partial charge in [-0.15, -0.1) is 0 Å². The average Bonchev–Trinajstić information content (AvgIpc) is 2.99. The van der Waals surface area contributed by atoms with Crippen LogP contribution in [0, 0.1) is 6.92 Å². The van der Waals surface area contributed by atoms with Gasteiger partial charge in [0.05, 0.1) is 5.52 Å². The predicted octanol–water partition coefficient (Wildman–Crippen LogP) is 1.52.